The Morgan fingerprint density at radius 2 is 1.58 bits per heavy atom. The van der Waals surface area contributed by atoms with Gasteiger partial charge in [-0.3, -0.25) is 9.52 Å². The van der Waals surface area contributed by atoms with Gasteiger partial charge in [0.05, 0.1) is 12.0 Å². The molecular weight excluding hydrogens is 444 g/mol. The number of aromatic nitrogens is 2. The molecule has 0 saturated heterocycles. The summed E-state index contributed by atoms with van der Waals surface area (Å²) in [6, 6.07) is 13.3. The van der Waals surface area contributed by atoms with Crippen LogP contribution in [0, 0.1) is 0 Å². The van der Waals surface area contributed by atoms with Gasteiger partial charge in [-0.1, -0.05) is 26.0 Å². The van der Waals surface area contributed by atoms with Crippen molar-refractivity contribution in [1.29, 1.82) is 0 Å². The Kier molecular flexibility index (Phi) is 7.49. The molecule has 0 saturated carbocycles. The third kappa shape index (κ3) is 6.19. The van der Waals surface area contributed by atoms with E-state index < -0.39 is 16.1 Å². The van der Waals surface area contributed by atoms with Gasteiger partial charge >= 0.3 is 0 Å². The summed E-state index contributed by atoms with van der Waals surface area (Å²) in [4.78, 5) is 20.3. The maximum absolute atomic E-state index is 12.6. The largest absolute Gasteiger partial charge is 0.481 e. The predicted molar refractivity (Wildman–Crippen MR) is 125 cm³/mol. The Balaban J connectivity index is 1.62. The van der Waals surface area contributed by atoms with Crippen molar-refractivity contribution in [2.24, 2.45) is 0 Å². The van der Waals surface area contributed by atoms with Crippen LogP contribution in [0.2, 0.25) is 0 Å². The SMILES string of the molecule is COc1nccnc1NS(=O)(=O)c1ccc(NC(=O)C(C)Oc2ccc(C(C)C)cc2)cc1. The van der Waals surface area contributed by atoms with E-state index in [9.17, 15) is 13.2 Å². The number of hydrogen-bond donors (Lipinski definition) is 2. The normalized spacial score (nSPS) is 12.2. The lowest BCUT2D eigenvalue weighted by Gasteiger charge is -2.16. The maximum Gasteiger partial charge on any atom is 0.265 e. The number of carbonyl (C=O) groups is 1. The lowest BCUT2D eigenvalue weighted by Crippen LogP contribution is -2.30. The van der Waals surface area contributed by atoms with Gasteiger partial charge in [0.1, 0.15) is 5.75 Å². The van der Waals surface area contributed by atoms with E-state index in [1.165, 1.54) is 49.3 Å². The summed E-state index contributed by atoms with van der Waals surface area (Å²) >= 11 is 0. The number of hydrogen-bond acceptors (Lipinski definition) is 7. The van der Waals surface area contributed by atoms with Crippen LogP contribution >= 0.6 is 0 Å². The number of methoxy groups -OCH3 is 1. The molecule has 0 aliphatic heterocycles. The fourth-order valence-corrected chi connectivity index (χ4v) is 3.89. The van der Waals surface area contributed by atoms with Gasteiger partial charge in [0.2, 0.25) is 5.82 Å². The molecule has 1 unspecified atom stereocenters. The Morgan fingerprint density at radius 1 is 0.939 bits per heavy atom. The predicted octanol–water partition coefficient (Wildman–Crippen LogP) is 3.82. The van der Waals surface area contributed by atoms with E-state index in [-0.39, 0.29) is 22.5 Å². The minimum absolute atomic E-state index is 0.0113. The van der Waals surface area contributed by atoms with Gasteiger partial charge in [-0.05, 0) is 54.8 Å². The standard InChI is InChI=1S/C23H26N4O5S/c1-15(2)17-5-9-19(10-6-17)32-16(3)22(28)26-18-7-11-20(12-8-18)33(29,30)27-21-23(31-4)25-14-13-24-21/h5-16H,1-4H3,(H,24,27)(H,26,28). The fraction of sp³-hybridized carbons (Fsp3) is 0.261. The number of carbonyl (C=O) groups excluding carboxylic acids is 1. The van der Waals surface area contributed by atoms with Gasteiger partial charge in [0.25, 0.3) is 21.8 Å². The molecule has 10 heteroatoms. The summed E-state index contributed by atoms with van der Waals surface area (Å²) in [5.74, 6) is 0.668. The Bertz CT molecular complexity index is 1200. The van der Waals surface area contributed by atoms with Crippen molar-refractivity contribution in [2.45, 2.75) is 37.7 Å². The lowest BCUT2D eigenvalue weighted by atomic mass is 10.0. The topological polar surface area (TPSA) is 120 Å². The minimum Gasteiger partial charge on any atom is -0.481 e. The first-order valence-electron chi connectivity index (χ1n) is 10.2. The fourth-order valence-electron chi connectivity index (χ4n) is 2.88. The number of rotatable bonds is 9. The van der Waals surface area contributed by atoms with Crippen molar-refractivity contribution in [3.8, 4) is 11.6 Å². The van der Waals surface area contributed by atoms with Crippen LogP contribution in [0.15, 0.2) is 65.8 Å². The number of nitrogens with zero attached hydrogens (tertiary/aromatic N) is 2. The van der Waals surface area contributed by atoms with E-state index in [1.807, 2.05) is 24.3 Å². The molecule has 1 heterocycles. The number of amides is 1. The average molecular weight is 471 g/mol. The highest BCUT2D eigenvalue weighted by molar-refractivity contribution is 7.92. The van der Waals surface area contributed by atoms with E-state index in [0.717, 1.165) is 0 Å². The Hall–Kier alpha value is -3.66. The first-order chi connectivity index (χ1) is 15.7. The second-order valence-electron chi connectivity index (χ2n) is 7.52. The van der Waals surface area contributed by atoms with Crippen molar-refractivity contribution >= 4 is 27.4 Å². The third-order valence-corrected chi connectivity index (χ3v) is 6.10. The van der Waals surface area contributed by atoms with E-state index in [0.29, 0.717) is 17.4 Å². The summed E-state index contributed by atoms with van der Waals surface area (Å²) in [5.41, 5.74) is 1.61. The summed E-state index contributed by atoms with van der Waals surface area (Å²) in [7, 11) is -2.56. The molecule has 1 aromatic heterocycles. The molecule has 0 aliphatic carbocycles. The third-order valence-electron chi connectivity index (χ3n) is 4.75. The average Bonchev–Trinajstić information content (AvgIpc) is 2.80. The van der Waals surface area contributed by atoms with Crippen LogP contribution in [0.4, 0.5) is 11.5 Å². The van der Waals surface area contributed by atoms with Crippen molar-refractivity contribution < 1.29 is 22.7 Å². The lowest BCUT2D eigenvalue weighted by molar-refractivity contribution is -0.122. The molecule has 0 spiro atoms. The van der Waals surface area contributed by atoms with Crippen LogP contribution < -0.4 is 19.5 Å². The van der Waals surface area contributed by atoms with Crippen LogP contribution in [0.1, 0.15) is 32.3 Å². The van der Waals surface area contributed by atoms with Crippen LogP contribution in [-0.4, -0.2) is 37.5 Å². The second kappa shape index (κ2) is 10.3. The van der Waals surface area contributed by atoms with Gasteiger partial charge in [-0.15, -0.1) is 0 Å². The molecule has 3 rings (SSSR count). The molecule has 33 heavy (non-hydrogen) atoms. The molecule has 2 N–H and O–H groups in total. The van der Waals surface area contributed by atoms with E-state index in [1.54, 1.807) is 6.92 Å². The number of anilines is 2. The minimum atomic E-state index is -3.93. The van der Waals surface area contributed by atoms with E-state index in [4.69, 9.17) is 9.47 Å². The Labute approximate surface area is 193 Å². The smallest absolute Gasteiger partial charge is 0.265 e. The molecule has 0 aliphatic rings. The molecule has 174 valence electrons. The zero-order valence-electron chi connectivity index (χ0n) is 18.8. The zero-order chi connectivity index (χ0) is 24.0. The molecule has 0 radical (unpaired) electrons. The molecular formula is C23H26N4O5S. The maximum atomic E-state index is 12.6. The summed E-state index contributed by atoms with van der Waals surface area (Å²) in [6.45, 7) is 5.85. The highest BCUT2D eigenvalue weighted by atomic mass is 32.2. The van der Waals surface area contributed by atoms with Crippen LogP contribution in [0.3, 0.4) is 0 Å². The first kappa shape index (κ1) is 24.0. The van der Waals surface area contributed by atoms with Gasteiger partial charge in [0.15, 0.2) is 6.10 Å². The highest BCUT2D eigenvalue weighted by Gasteiger charge is 2.19. The van der Waals surface area contributed by atoms with Crippen molar-refractivity contribution in [3.05, 3.63) is 66.5 Å². The van der Waals surface area contributed by atoms with Crippen molar-refractivity contribution in [3.63, 3.8) is 0 Å². The van der Waals surface area contributed by atoms with E-state index in [2.05, 4.69) is 33.9 Å². The second-order valence-corrected chi connectivity index (χ2v) is 9.20. The van der Waals surface area contributed by atoms with Crippen LogP contribution in [0.5, 0.6) is 11.6 Å². The monoisotopic (exact) mass is 470 g/mol. The molecule has 1 atom stereocenters. The van der Waals surface area contributed by atoms with Crippen molar-refractivity contribution in [2.75, 3.05) is 17.1 Å². The van der Waals surface area contributed by atoms with Crippen LogP contribution in [0.25, 0.3) is 0 Å². The first-order valence-corrected chi connectivity index (χ1v) is 11.7. The summed E-state index contributed by atoms with van der Waals surface area (Å²) in [5, 5.41) is 2.72. The van der Waals surface area contributed by atoms with Crippen molar-refractivity contribution in [1.82, 2.24) is 9.97 Å². The van der Waals surface area contributed by atoms with Gasteiger partial charge in [-0.25, -0.2) is 18.4 Å². The van der Waals surface area contributed by atoms with Gasteiger partial charge in [0, 0.05) is 18.1 Å². The molecule has 0 bridgehead atoms. The molecule has 0 fully saturated rings. The van der Waals surface area contributed by atoms with E-state index >= 15 is 0 Å². The highest BCUT2D eigenvalue weighted by Crippen LogP contribution is 2.23. The Morgan fingerprint density at radius 3 is 2.18 bits per heavy atom. The summed E-state index contributed by atoms with van der Waals surface area (Å²) < 4.78 is 38.3. The number of sulfonamides is 1. The number of nitrogens with one attached hydrogen (secondary N) is 2. The summed E-state index contributed by atoms with van der Waals surface area (Å²) in [6.07, 6.45) is 1.99. The van der Waals surface area contributed by atoms with Gasteiger partial charge < -0.3 is 14.8 Å². The molecule has 2 aromatic carbocycles. The zero-order valence-corrected chi connectivity index (χ0v) is 19.6. The number of benzene rings is 2. The molecule has 9 nitrogen and oxygen atoms in total. The van der Waals surface area contributed by atoms with Gasteiger partial charge in [-0.2, -0.15) is 0 Å². The quantitative estimate of drug-likeness (QED) is 0.488. The molecule has 3 aromatic rings. The molecule has 1 amide bonds. The number of ether oxygens (including phenoxy) is 2. The van der Waals surface area contributed by atoms with Crippen LogP contribution in [-0.2, 0) is 14.8 Å².